The smallest absolute Gasteiger partial charge is 0.258 e. The van der Waals surface area contributed by atoms with Crippen LogP contribution in [0.3, 0.4) is 0 Å². The molecular weight excluding hydrogens is 350 g/mol. The van der Waals surface area contributed by atoms with E-state index in [1.54, 1.807) is 12.4 Å². The summed E-state index contributed by atoms with van der Waals surface area (Å²) in [6.07, 6.45) is 5.56. The maximum atomic E-state index is 12.6. The van der Waals surface area contributed by atoms with E-state index in [0.717, 1.165) is 56.2 Å². The molecule has 1 N–H and O–H groups in total. The van der Waals surface area contributed by atoms with E-state index >= 15 is 0 Å². The van der Waals surface area contributed by atoms with Gasteiger partial charge in [-0.1, -0.05) is 6.92 Å². The summed E-state index contributed by atoms with van der Waals surface area (Å²) in [5, 5.41) is 2.98. The first-order valence-electron chi connectivity index (χ1n) is 10.3. The number of aryl methyl sites for hydroxylation is 1. The molecule has 0 unspecified atom stereocenters. The molecule has 6 nitrogen and oxygen atoms in total. The van der Waals surface area contributed by atoms with Crippen molar-refractivity contribution in [3.63, 3.8) is 0 Å². The van der Waals surface area contributed by atoms with Crippen LogP contribution in [0.1, 0.15) is 49.5 Å². The highest BCUT2D eigenvalue weighted by molar-refractivity contribution is 6.04. The number of nitrogens with zero attached hydrogens (tertiary/aromatic N) is 4. The van der Waals surface area contributed by atoms with Gasteiger partial charge in [0.05, 0.1) is 5.56 Å². The zero-order valence-electron chi connectivity index (χ0n) is 17.4. The van der Waals surface area contributed by atoms with E-state index < -0.39 is 0 Å². The van der Waals surface area contributed by atoms with Crippen LogP contribution >= 0.6 is 0 Å². The number of anilines is 3. The first-order valence-corrected chi connectivity index (χ1v) is 10.3. The highest BCUT2D eigenvalue weighted by atomic mass is 16.1. The van der Waals surface area contributed by atoms with E-state index in [1.165, 1.54) is 5.69 Å². The van der Waals surface area contributed by atoms with Gasteiger partial charge in [0.2, 0.25) is 5.95 Å². The molecule has 1 aromatic heterocycles. The summed E-state index contributed by atoms with van der Waals surface area (Å²) in [6, 6.07) is 6.12. The predicted molar refractivity (Wildman–Crippen MR) is 115 cm³/mol. The van der Waals surface area contributed by atoms with E-state index in [9.17, 15) is 4.79 Å². The standard InChI is InChI=1S/C22H31N5O/c1-5-26(6-2)19-7-8-20(17(4)13-19)25-21(28)18-14-23-22(24-15-18)27-11-9-16(3)10-12-27/h7-8,13-16H,5-6,9-12H2,1-4H3,(H,25,28). The lowest BCUT2D eigenvalue weighted by Gasteiger charge is -2.30. The van der Waals surface area contributed by atoms with Crippen molar-refractivity contribution in [2.24, 2.45) is 5.92 Å². The van der Waals surface area contributed by atoms with E-state index in [1.807, 2.05) is 19.1 Å². The van der Waals surface area contributed by atoms with E-state index in [0.29, 0.717) is 11.5 Å². The Labute approximate surface area is 168 Å². The SMILES string of the molecule is CCN(CC)c1ccc(NC(=O)c2cnc(N3CCC(C)CC3)nc2)c(C)c1. The lowest BCUT2D eigenvalue weighted by atomic mass is 10.00. The molecule has 1 aromatic carbocycles. The maximum absolute atomic E-state index is 12.6. The number of carbonyl (C=O) groups excluding carboxylic acids is 1. The minimum Gasteiger partial charge on any atom is -0.372 e. The van der Waals surface area contributed by atoms with Crippen molar-refractivity contribution in [2.75, 3.05) is 41.3 Å². The lowest BCUT2D eigenvalue weighted by Crippen LogP contribution is -2.34. The molecule has 2 heterocycles. The third-order valence-corrected chi connectivity index (χ3v) is 5.55. The van der Waals surface area contributed by atoms with E-state index in [2.05, 4.69) is 51.9 Å². The Morgan fingerprint density at radius 3 is 2.39 bits per heavy atom. The van der Waals surface area contributed by atoms with Crippen LogP contribution in [0, 0.1) is 12.8 Å². The first kappa shape index (κ1) is 20.1. The van der Waals surface area contributed by atoms with Crippen LogP contribution in [0.4, 0.5) is 17.3 Å². The van der Waals surface area contributed by atoms with Gasteiger partial charge in [0.1, 0.15) is 0 Å². The van der Waals surface area contributed by atoms with E-state index in [-0.39, 0.29) is 5.91 Å². The Kier molecular flexibility index (Phi) is 6.49. The van der Waals surface area contributed by atoms with Gasteiger partial charge in [-0.05, 0) is 63.3 Å². The molecule has 0 atom stereocenters. The highest BCUT2D eigenvalue weighted by Crippen LogP contribution is 2.23. The molecule has 0 aliphatic carbocycles. The highest BCUT2D eigenvalue weighted by Gasteiger charge is 2.18. The summed E-state index contributed by atoms with van der Waals surface area (Å²) >= 11 is 0. The number of nitrogens with one attached hydrogen (secondary N) is 1. The molecule has 0 saturated carbocycles. The van der Waals surface area contributed by atoms with Crippen LogP contribution in [0.15, 0.2) is 30.6 Å². The maximum Gasteiger partial charge on any atom is 0.258 e. The fourth-order valence-corrected chi connectivity index (χ4v) is 3.58. The Hall–Kier alpha value is -2.63. The van der Waals surface area contributed by atoms with Crippen LogP contribution in [-0.2, 0) is 0 Å². The zero-order valence-corrected chi connectivity index (χ0v) is 17.4. The second kappa shape index (κ2) is 9.04. The summed E-state index contributed by atoms with van der Waals surface area (Å²) in [7, 11) is 0. The quantitative estimate of drug-likeness (QED) is 0.815. The van der Waals surface area contributed by atoms with Crippen molar-refractivity contribution in [1.82, 2.24) is 9.97 Å². The fourth-order valence-electron chi connectivity index (χ4n) is 3.58. The van der Waals surface area contributed by atoms with Crippen molar-refractivity contribution in [3.05, 3.63) is 41.7 Å². The number of piperidine rings is 1. The van der Waals surface area contributed by atoms with Crippen molar-refractivity contribution in [1.29, 1.82) is 0 Å². The summed E-state index contributed by atoms with van der Waals surface area (Å²) in [4.78, 5) is 25.9. The Morgan fingerprint density at radius 1 is 1.18 bits per heavy atom. The minimum atomic E-state index is -0.183. The Balaban J connectivity index is 1.66. The van der Waals surface area contributed by atoms with Crippen molar-refractivity contribution >= 4 is 23.2 Å². The lowest BCUT2D eigenvalue weighted by molar-refractivity contribution is 0.102. The Bertz CT molecular complexity index is 793. The average Bonchev–Trinajstić information content (AvgIpc) is 2.71. The van der Waals surface area contributed by atoms with Gasteiger partial charge in [-0.2, -0.15) is 0 Å². The topological polar surface area (TPSA) is 61.4 Å². The van der Waals surface area contributed by atoms with Crippen molar-refractivity contribution in [2.45, 2.75) is 40.5 Å². The van der Waals surface area contributed by atoms with Crippen LogP contribution in [0.25, 0.3) is 0 Å². The fraction of sp³-hybridized carbons (Fsp3) is 0.500. The minimum absolute atomic E-state index is 0.183. The number of hydrogen-bond acceptors (Lipinski definition) is 5. The second-order valence-electron chi connectivity index (χ2n) is 7.57. The predicted octanol–water partition coefficient (Wildman–Crippen LogP) is 4.12. The van der Waals surface area contributed by atoms with Gasteiger partial charge >= 0.3 is 0 Å². The van der Waals surface area contributed by atoms with Gasteiger partial charge in [0.15, 0.2) is 0 Å². The first-order chi connectivity index (χ1) is 13.5. The average molecular weight is 382 g/mol. The third kappa shape index (κ3) is 4.61. The molecule has 0 spiro atoms. The number of amides is 1. The monoisotopic (exact) mass is 381 g/mol. The van der Waals surface area contributed by atoms with Crippen molar-refractivity contribution in [3.8, 4) is 0 Å². The van der Waals surface area contributed by atoms with Gasteiger partial charge in [0.25, 0.3) is 5.91 Å². The Morgan fingerprint density at radius 2 is 1.82 bits per heavy atom. The van der Waals surface area contributed by atoms with Crippen LogP contribution in [0.5, 0.6) is 0 Å². The number of benzene rings is 1. The molecule has 6 heteroatoms. The van der Waals surface area contributed by atoms with Crippen LogP contribution < -0.4 is 15.1 Å². The van der Waals surface area contributed by atoms with Crippen LogP contribution in [0.2, 0.25) is 0 Å². The second-order valence-corrected chi connectivity index (χ2v) is 7.57. The van der Waals surface area contributed by atoms with Crippen LogP contribution in [-0.4, -0.2) is 42.1 Å². The normalized spacial score (nSPS) is 14.8. The van der Waals surface area contributed by atoms with E-state index in [4.69, 9.17) is 0 Å². The number of carbonyl (C=O) groups is 1. The van der Waals surface area contributed by atoms with Gasteiger partial charge in [-0.15, -0.1) is 0 Å². The molecule has 3 rings (SSSR count). The summed E-state index contributed by atoms with van der Waals surface area (Å²) in [5.41, 5.74) is 3.50. The summed E-state index contributed by atoms with van der Waals surface area (Å²) < 4.78 is 0. The molecule has 2 aromatic rings. The molecule has 1 aliphatic rings. The van der Waals surface area contributed by atoms with Gasteiger partial charge in [-0.3, -0.25) is 4.79 Å². The molecule has 1 saturated heterocycles. The molecule has 28 heavy (non-hydrogen) atoms. The van der Waals surface area contributed by atoms with Gasteiger partial charge in [-0.25, -0.2) is 9.97 Å². The van der Waals surface area contributed by atoms with Gasteiger partial charge < -0.3 is 15.1 Å². The molecule has 0 bridgehead atoms. The zero-order chi connectivity index (χ0) is 20.1. The number of rotatable bonds is 6. The van der Waals surface area contributed by atoms with Crippen molar-refractivity contribution < 1.29 is 4.79 Å². The molecule has 1 aliphatic heterocycles. The number of hydrogen-bond donors (Lipinski definition) is 1. The van der Waals surface area contributed by atoms with Gasteiger partial charge in [0, 0.05) is 49.9 Å². The third-order valence-electron chi connectivity index (χ3n) is 5.55. The molecule has 150 valence electrons. The molecular formula is C22H31N5O. The molecule has 0 radical (unpaired) electrons. The number of aromatic nitrogens is 2. The summed E-state index contributed by atoms with van der Waals surface area (Å²) in [5.74, 6) is 1.29. The molecule has 1 fully saturated rings. The summed E-state index contributed by atoms with van der Waals surface area (Å²) in [6.45, 7) is 12.4. The molecule has 1 amide bonds. The largest absolute Gasteiger partial charge is 0.372 e.